The maximum Gasteiger partial charge on any atom is 0.348 e. The number of aliphatic carboxylic acids is 1. The molecule has 0 saturated carbocycles. The average Bonchev–Trinajstić information content (AvgIpc) is 2.81. The number of hydrogen-bond acceptors (Lipinski definition) is 3. The van der Waals surface area contributed by atoms with Crippen molar-refractivity contribution in [2.24, 2.45) is 0 Å². The molecule has 1 aromatic carbocycles. The van der Waals surface area contributed by atoms with Crippen LogP contribution in [0, 0.1) is 0 Å². The number of alkyl halides is 1. The third-order valence-electron chi connectivity index (χ3n) is 3.79. The van der Waals surface area contributed by atoms with Gasteiger partial charge in [0.1, 0.15) is 0 Å². The summed E-state index contributed by atoms with van der Waals surface area (Å²) in [4.78, 5) is 36.5. The van der Waals surface area contributed by atoms with Crippen molar-refractivity contribution in [2.75, 3.05) is 5.88 Å². The zero-order valence-electron chi connectivity index (χ0n) is 12.0. The minimum atomic E-state index is -1.22. The minimum absolute atomic E-state index is 0.0278. The average molecular weight is 336 g/mol. The first kappa shape index (κ1) is 15.4. The van der Waals surface area contributed by atoms with E-state index in [1.165, 1.54) is 10.8 Å². The van der Waals surface area contributed by atoms with E-state index in [-0.39, 0.29) is 12.4 Å². The molecule has 2 aromatic rings. The van der Waals surface area contributed by atoms with Gasteiger partial charge in [0.15, 0.2) is 6.04 Å². The molecule has 0 radical (unpaired) electrons. The summed E-state index contributed by atoms with van der Waals surface area (Å²) in [6, 6.07) is 7.35. The smallest absolute Gasteiger partial charge is 0.348 e. The van der Waals surface area contributed by atoms with Crippen LogP contribution in [0.1, 0.15) is 17.6 Å². The molecule has 2 atom stereocenters. The molecule has 1 aliphatic heterocycles. The molecule has 0 amide bonds. The first-order chi connectivity index (χ1) is 11.1. The summed E-state index contributed by atoms with van der Waals surface area (Å²) < 4.78 is 3.13. The maximum absolute atomic E-state index is 12.6. The molecule has 2 heterocycles. The number of allylic oxidation sites excluding steroid dienone is 1. The second kappa shape index (κ2) is 5.92. The van der Waals surface area contributed by atoms with Crippen LogP contribution in [0.15, 0.2) is 52.1 Å². The summed E-state index contributed by atoms with van der Waals surface area (Å²) in [5, 5.41) is 9.33. The highest BCUT2D eigenvalue weighted by atomic mass is 35.5. The molecule has 0 spiro atoms. The second-order valence-corrected chi connectivity index (χ2v) is 5.50. The number of nitrogens with zero attached hydrogens (tertiary/aromatic N) is 3. The Morgan fingerprint density at radius 3 is 2.35 bits per heavy atom. The van der Waals surface area contributed by atoms with Crippen LogP contribution in [0.3, 0.4) is 0 Å². The quantitative estimate of drug-likeness (QED) is 0.662. The van der Waals surface area contributed by atoms with Crippen LogP contribution < -0.4 is 11.4 Å². The molecule has 1 N–H and O–H groups in total. The van der Waals surface area contributed by atoms with Crippen molar-refractivity contribution in [2.45, 2.75) is 18.6 Å². The lowest BCUT2D eigenvalue weighted by atomic mass is 10.0. The van der Waals surface area contributed by atoms with Crippen molar-refractivity contribution in [3.8, 4) is 0 Å². The van der Waals surface area contributed by atoms with Gasteiger partial charge in [-0.25, -0.2) is 28.3 Å². The van der Waals surface area contributed by atoms with Crippen LogP contribution in [-0.2, 0) is 11.3 Å². The molecule has 0 aliphatic carbocycles. The Bertz CT molecular complexity index is 878. The molecule has 3 rings (SSSR count). The molecule has 120 valence electrons. The Labute approximate surface area is 135 Å². The van der Waals surface area contributed by atoms with Crippen molar-refractivity contribution in [1.29, 1.82) is 0 Å². The number of halogens is 1. The van der Waals surface area contributed by atoms with Crippen molar-refractivity contribution in [3.63, 3.8) is 0 Å². The van der Waals surface area contributed by atoms with Gasteiger partial charge in [0.25, 0.3) is 0 Å². The molecule has 7 nitrogen and oxygen atoms in total. The van der Waals surface area contributed by atoms with Gasteiger partial charge in [-0.05, 0) is 5.56 Å². The Morgan fingerprint density at radius 2 is 1.74 bits per heavy atom. The molecule has 0 fully saturated rings. The fourth-order valence-electron chi connectivity index (χ4n) is 2.76. The Hall–Kier alpha value is -2.54. The number of benzene rings is 1. The van der Waals surface area contributed by atoms with Gasteiger partial charge in [-0.3, -0.25) is 0 Å². The van der Waals surface area contributed by atoms with Gasteiger partial charge in [0.2, 0.25) is 0 Å². The molecule has 0 bridgehead atoms. The molecule has 1 aromatic heterocycles. The molecule has 0 saturated heterocycles. The van der Waals surface area contributed by atoms with Crippen LogP contribution in [0.25, 0.3) is 0 Å². The van der Waals surface area contributed by atoms with Crippen LogP contribution in [0.2, 0.25) is 0 Å². The summed E-state index contributed by atoms with van der Waals surface area (Å²) >= 11 is 5.65. The fraction of sp³-hybridized carbons (Fsp3) is 0.267. The van der Waals surface area contributed by atoms with Crippen molar-refractivity contribution >= 4 is 17.6 Å². The lowest BCUT2D eigenvalue weighted by Crippen LogP contribution is -2.38. The number of aromatic nitrogens is 3. The molecule has 1 aliphatic rings. The zero-order valence-corrected chi connectivity index (χ0v) is 12.8. The van der Waals surface area contributed by atoms with Crippen molar-refractivity contribution in [3.05, 3.63) is 69.0 Å². The van der Waals surface area contributed by atoms with E-state index in [1.54, 1.807) is 6.08 Å². The first-order valence-electron chi connectivity index (χ1n) is 7.02. The highest BCUT2D eigenvalue weighted by Crippen LogP contribution is 2.24. The number of carbonyl (C=O) groups is 1. The number of rotatable bonds is 4. The predicted molar refractivity (Wildman–Crippen MR) is 84.1 cm³/mol. The monoisotopic (exact) mass is 335 g/mol. The minimum Gasteiger partial charge on any atom is -0.479 e. The summed E-state index contributed by atoms with van der Waals surface area (Å²) in [7, 11) is 0. The van der Waals surface area contributed by atoms with E-state index in [2.05, 4.69) is 0 Å². The molecule has 23 heavy (non-hydrogen) atoms. The van der Waals surface area contributed by atoms with Gasteiger partial charge in [-0.2, -0.15) is 0 Å². The van der Waals surface area contributed by atoms with Crippen LogP contribution >= 0.6 is 11.6 Å². The summed E-state index contributed by atoms with van der Waals surface area (Å²) in [5.41, 5.74) is -0.458. The van der Waals surface area contributed by atoms with Gasteiger partial charge < -0.3 is 5.11 Å². The Kier molecular flexibility index (Phi) is 3.96. The normalized spacial score (nSPS) is 19.5. The Balaban J connectivity index is 2.27. The van der Waals surface area contributed by atoms with E-state index in [9.17, 15) is 19.5 Å². The van der Waals surface area contributed by atoms with Crippen LogP contribution in [-0.4, -0.2) is 30.9 Å². The van der Waals surface area contributed by atoms with Crippen LogP contribution in [0.4, 0.5) is 0 Å². The van der Waals surface area contributed by atoms with E-state index >= 15 is 0 Å². The Morgan fingerprint density at radius 1 is 1.09 bits per heavy atom. The van der Waals surface area contributed by atoms with Gasteiger partial charge in [0.05, 0.1) is 6.04 Å². The molecular weight excluding hydrogens is 322 g/mol. The highest BCUT2D eigenvalue weighted by Gasteiger charge is 2.32. The van der Waals surface area contributed by atoms with Gasteiger partial charge in [-0.1, -0.05) is 42.5 Å². The first-order valence-corrected chi connectivity index (χ1v) is 7.55. The third kappa shape index (κ3) is 2.43. The van der Waals surface area contributed by atoms with Gasteiger partial charge in [-0.15, -0.1) is 11.6 Å². The standard InChI is InChI=1S/C15H14ClN3O4/c16-8-9-17-14(22)18-11(10-4-2-1-3-5-10)6-7-12(13(20)21)19(18)15(17)23/h1-7,11-12H,8-9H2,(H,20,21)/t11-,12-/m1/s1. The van der Waals surface area contributed by atoms with Crippen molar-refractivity contribution in [1.82, 2.24) is 13.9 Å². The van der Waals surface area contributed by atoms with Crippen molar-refractivity contribution < 1.29 is 9.90 Å². The summed E-state index contributed by atoms with van der Waals surface area (Å²) in [6.45, 7) is 0.0278. The maximum atomic E-state index is 12.6. The van der Waals surface area contributed by atoms with E-state index in [1.807, 2.05) is 30.3 Å². The number of hydrogen-bond donors (Lipinski definition) is 1. The third-order valence-corrected chi connectivity index (χ3v) is 3.96. The van der Waals surface area contributed by atoms with E-state index in [0.29, 0.717) is 0 Å². The lowest BCUT2D eigenvalue weighted by Gasteiger charge is -2.24. The van der Waals surface area contributed by atoms with E-state index in [0.717, 1.165) is 14.8 Å². The van der Waals surface area contributed by atoms with Gasteiger partial charge in [0, 0.05) is 12.4 Å². The van der Waals surface area contributed by atoms with E-state index < -0.39 is 29.4 Å². The predicted octanol–water partition coefficient (Wildman–Crippen LogP) is 0.835. The topological polar surface area (TPSA) is 86.2 Å². The molecule has 0 unspecified atom stereocenters. The van der Waals surface area contributed by atoms with Gasteiger partial charge >= 0.3 is 17.3 Å². The summed E-state index contributed by atoms with van der Waals surface area (Å²) in [5.74, 6) is -1.12. The zero-order chi connectivity index (χ0) is 16.6. The molecule has 8 heteroatoms. The highest BCUT2D eigenvalue weighted by molar-refractivity contribution is 6.17. The SMILES string of the molecule is O=C(O)[C@H]1C=C[C@H](c2ccccc2)n2c(=O)n(CCCl)c(=O)n21. The number of carboxylic acid groups (broad SMARTS) is 1. The number of fused-ring (bicyclic) bond motifs is 1. The van der Waals surface area contributed by atoms with E-state index in [4.69, 9.17) is 11.6 Å². The fourth-order valence-corrected chi connectivity index (χ4v) is 2.93. The second-order valence-electron chi connectivity index (χ2n) is 5.12. The molecular formula is C15H14ClN3O4. The summed E-state index contributed by atoms with van der Waals surface area (Å²) in [6.07, 6.45) is 3.05. The largest absolute Gasteiger partial charge is 0.479 e. The number of carboxylic acids is 1. The van der Waals surface area contributed by atoms with Crippen LogP contribution in [0.5, 0.6) is 0 Å². The lowest BCUT2D eigenvalue weighted by molar-refractivity contribution is -0.140.